The molecule has 1 aliphatic heterocycles. The minimum atomic E-state index is -0.244. The number of halogens is 1. The molecule has 1 heterocycles. The van der Waals surface area contributed by atoms with Gasteiger partial charge in [0.2, 0.25) is 0 Å². The summed E-state index contributed by atoms with van der Waals surface area (Å²) in [6, 6.07) is 14.3. The molecule has 27 heavy (non-hydrogen) atoms. The molecule has 0 aromatic heterocycles. The molecule has 0 bridgehead atoms. The summed E-state index contributed by atoms with van der Waals surface area (Å²) in [6.07, 6.45) is 0.688. The molecule has 3 rings (SSSR count). The number of anilines is 1. The second-order valence-corrected chi connectivity index (χ2v) is 6.48. The summed E-state index contributed by atoms with van der Waals surface area (Å²) in [5.74, 6) is 0.642. The molecule has 5 nitrogen and oxygen atoms in total. The molecular formula is C21H26FN3O2. The summed E-state index contributed by atoms with van der Waals surface area (Å²) < 4.78 is 18.6. The van der Waals surface area contributed by atoms with Crippen molar-refractivity contribution < 1.29 is 13.9 Å². The molecule has 1 aliphatic rings. The molecule has 0 radical (unpaired) electrons. The lowest BCUT2D eigenvalue weighted by molar-refractivity contribution is 0.194. The monoisotopic (exact) mass is 371 g/mol. The topological polar surface area (TPSA) is 44.8 Å². The van der Waals surface area contributed by atoms with Crippen LogP contribution in [0.25, 0.3) is 0 Å². The highest BCUT2D eigenvalue weighted by Gasteiger charge is 2.22. The van der Waals surface area contributed by atoms with E-state index in [9.17, 15) is 9.18 Å². The van der Waals surface area contributed by atoms with Crippen molar-refractivity contribution in [1.82, 2.24) is 10.2 Å². The molecule has 2 aromatic rings. The summed E-state index contributed by atoms with van der Waals surface area (Å²) in [5.41, 5.74) is 2.09. The Morgan fingerprint density at radius 3 is 2.48 bits per heavy atom. The van der Waals surface area contributed by atoms with E-state index in [0.717, 1.165) is 30.1 Å². The van der Waals surface area contributed by atoms with Gasteiger partial charge >= 0.3 is 6.03 Å². The molecule has 0 saturated carbocycles. The summed E-state index contributed by atoms with van der Waals surface area (Å²) in [7, 11) is 0. The molecule has 0 unspecified atom stereocenters. The van der Waals surface area contributed by atoms with Crippen LogP contribution in [0.5, 0.6) is 5.75 Å². The fraction of sp³-hybridized carbons (Fsp3) is 0.381. The number of piperazine rings is 1. The van der Waals surface area contributed by atoms with E-state index in [0.29, 0.717) is 32.7 Å². The van der Waals surface area contributed by atoms with Crippen LogP contribution in [0.4, 0.5) is 14.9 Å². The first-order valence-electron chi connectivity index (χ1n) is 9.41. The number of ether oxygens (including phenoxy) is 1. The van der Waals surface area contributed by atoms with Gasteiger partial charge in [0, 0.05) is 32.7 Å². The molecule has 6 heteroatoms. The Balaban J connectivity index is 1.46. The van der Waals surface area contributed by atoms with Gasteiger partial charge in [0.25, 0.3) is 0 Å². The Labute approximate surface area is 159 Å². The van der Waals surface area contributed by atoms with Crippen molar-refractivity contribution in [2.75, 3.05) is 44.2 Å². The van der Waals surface area contributed by atoms with Crippen LogP contribution in [0.1, 0.15) is 12.5 Å². The van der Waals surface area contributed by atoms with E-state index in [1.54, 1.807) is 12.1 Å². The number of carbonyl (C=O) groups excluding carboxylic acids is 1. The summed E-state index contributed by atoms with van der Waals surface area (Å²) in [4.78, 5) is 16.5. The third-order valence-electron chi connectivity index (χ3n) is 4.68. The van der Waals surface area contributed by atoms with Crippen molar-refractivity contribution in [3.05, 3.63) is 59.9 Å². The van der Waals surface area contributed by atoms with Crippen LogP contribution in [0.2, 0.25) is 0 Å². The maximum Gasteiger partial charge on any atom is 0.317 e. The van der Waals surface area contributed by atoms with Gasteiger partial charge in [0.1, 0.15) is 11.6 Å². The van der Waals surface area contributed by atoms with Crippen LogP contribution < -0.4 is 15.0 Å². The van der Waals surface area contributed by atoms with Crippen LogP contribution in [0.3, 0.4) is 0 Å². The second kappa shape index (κ2) is 9.26. The van der Waals surface area contributed by atoms with E-state index in [1.165, 1.54) is 12.1 Å². The average molecular weight is 371 g/mol. The SMILES string of the molecule is CCOc1ccccc1N1CCN(C(=O)NCCc2ccc(F)cc2)CC1. The smallest absolute Gasteiger partial charge is 0.317 e. The lowest BCUT2D eigenvalue weighted by Crippen LogP contribution is -2.52. The zero-order chi connectivity index (χ0) is 19.1. The van der Waals surface area contributed by atoms with E-state index in [4.69, 9.17) is 4.74 Å². The third kappa shape index (κ3) is 5.12. The molecular weight excluding hydrogens is 345 g/mol. The zero-order valence-corrected chi connectivity index (χ0v) is 15.7. The van der Waals surface area contributed by atoms with Crippen molar-refractivity contribution in [3.63, 3.8) is 0 Å². The maximum absolute atomic E-state index is 12.9. The number of para-hydroxylation sites is 2. The summed E-state index contributed by atoms with van der Waals surface area (Å²) in [6.45, 7) is 6.03. The van der Waals surface area contributed by atoms with Gasteiger partial charge in [0.15, 0.2) is 0 Å². The Morgan fingerprint density at radius 2 is 1.78 bits per heavy atom. The lowest BCUT2D eigenvalue weighted by atomic mass is 10.1. The van der Waals surface area contributed by atoms with Gasteiger partial charge in [-0.3, -0.25) is 0 Å². The van der Waals surface area contributed by atoms with Crippen LogP contribution in [-0.4, -0.2) is 50.3 Å². The summed E-state index contributed by atoms with van der Waals surface area (Å²) in [5, 5.41) is 2.95. The largest absolute Gasteiger partial charge is 0.492 e. The predicted molar refractivity (Wildman–Crippen MR) is 105 cm³/mol. The predicted octanol–water partition coefficient (Wildman–Crippen LogP) is 3.30. The van der Waals surface area contributed by atoms with Gasteiger partial charge in [-0.15, -0.1) is 0 Å². The van der Waals surface area contributed by atoms with E-state index in [2.05, 4.69) is 16.3 Å². The Bertz CT molecular complexity index is 743. The fourth-order valence-electron chi connectivity index (χ4n) is 3.22. The number of hydrogen-bond acceptors (Lipinski definition) is 3. The van der Waals surface area contributed by atoms with Gasteiger partial charge in [-0.25, -0.2) is 9.18 Å². The molecule has 144 valence electrons. The normalized spacial score (nSPS) is 14.1. The second-order valence-electron chi connectivity index (χ2n) is 6.48. The molecule has 0 atom stereocenters. The first kappa shape index (κ1) is 19.0. The third-order valence-corrected chi connectivity index (χ3v) is 4.68. The highest BCUT2D eigenvalue weighted by Crippen LogP contribution is 2.28. The molecule has 1 saturated heterocycles. The fourth-order valence-corrected chi connectivity index (χ4v) is 3.22. The highest BCUT2D eigenvalue weighted by atomic mass is 19.1. The van der Waals surface area contributed by atoms with E-state index in [1.807, 2.05) is 30.0 Å². The van der Waals surface area contributed by atoms with Crippen molar-refractivity contribution in [2.45, 2.75) is 13.3 Å². The molecule has 0 aliphatic carbocycles. The Kier molecular flexibility index (Phi) is 6.52. The number of urea groups is 1. The number of benzene rings is 2. The Morgan fingerprint density at radius 1 is 1.07 bits per heavy atom. The minimum absolute atomic E-state index is 0.0464. The van der Waals surface area contributed by atoms with Crippen LogP contribution in [0.15, 0.2) is 48.5 Å². The zero-order valence-electron chi connectivity index (χ0n) is 15.7. The van der Waals surface area contributed by atoms with Crippen molar-refractivity contribution in [1.29, 1.82) is 0 Å². The number of carbonyl (C=O) groups is 1. The average Bonchev–Trinajstić information content (AvgIpc) is 2.70. The Hall–Kier alpha value is -2.76. The van der Waals surface area contributed by atoms with Crippen LogP contribution in [-0.2, 0) is 6.42 Å². The first-order chi connectivity index (χ1) is 13.2. The van der Waals surface area contributed by atoms with Gasteiger partial charge in [-0.2, -0.15) is 0 Å². The highest BCUT2D eigenvalue weighted by molar-refractivity contribution is 5.74. The van der Waals surface area contributed by atoms with Gasteiger partial charge in [0.05, 0.1) is 12.3 Å². The maximum atomic E-state index is 12.9. The number of amides is 2. The summed E-state index contributed by atoms with van der Waals surface area (Å²) >= 11 is 0. The quantitative estimate of drug-likeness (QED) is 0.847. The molecule has 1 fully saturated rings. The van der Waals surface area contributed by atoms with Crippen molar-refractivity contribution >= 4 is 11.7 Å². The molecule has 2 aromatic carbocycles. The van der Waals surface area contributed by atoms with E-state index in [-0.39, 0.29) is 11.8 Å². The number of nitrogens with one attached hydrogen (secondary N) is 1. The van der Waals surface area contributed by atoms with Gasteiger partial charge in [-0.1, -0.05) is 24.3 Å². The van der Waals surface area contributed by atoms with E-state index >= 15 is 0 Å². The van der Waals surface area contributed by atoms with Crippen LogP contribution in [0, 0.1) is 5.82 Å². The molecule has 1 N–H and O–H groups in total. The minimum Gasteiger partial charge on any atom is -0.492 e. The lowest BCUT2D eigenvalue weighted by Gasteiger charge is -2.36. The van der Waals surface area contributed by atoms with Crippen LogP contribution >= 0.6 is 0 Å². The van der Waals surface area contributed by atoms with Gasteiger partial charge < -0.3 is 19.9 Å². The number of nitrogens with zero attached hydrogens (tertiary/aromatic N) is 2. The number of hydrogen-bond donors (Lipinski definition) is 1. The number of rotatable bonds is 6. The molecule has 0 spiro atoms. The first-order valence-corrected chi connectivity index (χ1v) is 9.41. The van der Waals surface area contributed by atoms with Crippen molar-refractivity contribution in [2.24, 2.45) is 0 Å². The molecule has 2 amide bonds. The van der Waals surface area contributed by atoms with Crippen molar-refractivity contribution in [3.8, 4) is 5.75 Å². The van der Waals surface area contributed by atoms with E-state index < -0.39 is 0 Å². The standard InChI is InChI=1S/C21H26FN3O2/c1-2-27-20-6-4-3-5-19(20)24-13-15-25(16-14-24)21(26)23-12-11-17-7-9-18(22)10-8-17/h3-10H,2,11-16H2,1H3,(H,23,26). The van der Waals surface area contributed by atoms with Gasteiger partial charge in [-0.05, 0) is 43.2 Å².